The summed E-state index contributed by atoms with van der Waals surface area (Å²) in [6.07, 6.45) is 3.08. The first-order valence-corrected chi connectivity index (χ1v) is 11.4. The molecule has 0 saturated carbocycles. The number of nitriles is 1. The fraction of sp³-hybridized carbons (Fsp3) is 0.0952. The maximum Gasteiger partial charge on any atom is 0.469 e. The van der Waals surface area contributed by atoms with Crippen LogP contribution in [0, 0.1) is 11.3 Å². The van der Waals surface area contributed by atoms with Gasteiger partial charge in [-0.1, -0.05) is 29.8 Å². The number of imidazole rings is 1. The van der Waals surface area contributed by atoms with Crippen molar-refractivity contribution in [1.82, 2.24) is 9.55 Å². The van der Waals surface area contributed by atoms with Crippen LogP contribution in [-0.4, -0.2) is 37.3 Å². The largest absolute Gasteiger partial charge is 0.493 e. The average molecular weight is 487 g/mol. The van der Waals surface area contributed by atoms with Gasteiger partial charge in [0.1, 0.15) is 5.69 Å². The van der Waals surface area contributed by atoms with Crippen LogP contribution in [0.15, 0.2) is 52.3 Å². The summed E-state index contributed by atoms with van der Waals surface area (Å²) >= 11 is 5.99. The van der Waals surface area contributed by atoms with Crippen molar-refractivity contribution in [3.05, 3.63) is 80.4 Å². The first kappa shape index (κ1) is 22.7. The van der Waals surface area contributed by atoms with E-state index in [1.165, 1.54) is 30.3 Å². The molecule has 0 radical (unpaired) electrons. The van der Waals surface area contributed by atoms with Crippen molar-refractivity contribution in [3.63, 3.8) is 0 Å². The molecule has 168 valence electrons. The predicted molar refractivity (Wildman–Crippen MR) is 121 cm³/mol. The number of rotatable bonds is 6. The summed E-state index contributed by atoms with van der Waals surface area (Å²) in [7, 11) is -4.86. The summed E-state index contributed by atoms with van der Waals surface area (Å²) < 4.78 is 16.8. The van der Waals surface area contributed by atoms with Crippen LogP contribution in [0.3, 0.4) is 0 Å². The molecule has 0 unspecified atom stereocenters. The fourth-order valence-corrected chi connectivity index (χ4v) is 3.95. The van der Waals surface area contributed by atoms with Crippen molar-refractivity contribution in [2.45, 2.75) is 6.04 Å². The lowest BCUT2D eigenvalue weighted by Gasteiger charge is -2.19. The van der Waals surface area contributed by atoms with Crippen LogP contribution in [0.2, 0.25) is 5.02 Å². The van der Waals surface area contributed by atoms with E-state index in [1.807, 2.05) is 6.07 Å². The number of nitrogens with one attached hydrogen (secondary N) is 1. The van der Waals surface area contributed by atoms with E-state index in [0.29, 0.717) is 27.4 Å². The smallest absolute Gasteiger partial charge is 0.469 e. The molecule has 0 bridgehead atoms. The highest BCUT2D eigenvalue weighted by atomic mass is 35.5. The molecular weight excluding hydrogens is 471 g/mol. The molecule has 0 aliphatic carbocycles. The van der Waals surface area contributed by atoms with Crippen molar-refractivity contribution in [2.75, 3.05) is 6.61 Å². The van der Waals surface area contributed by atoms with Gasteiger partial charge in [0.25, 0.3) is 0 Å². The lowest BCUT2D eigenvalue weighted by molar-refractivity contribution is 0.175. The molecule has 33 heavy (non-hydrogen) atoms. The monoisotopic (exact) mass is 486 g/mol. The number of aliphatic imine (C=N–C) groups is 1. The van der Waals surface area contributed by atoms with E-state index >= 15 is 0 Å². The van der Waals surface area contributed by atoms with Crippen LogP contribution in [-0.2, 0) is 9.09 Å². The Hall–Kier alpha value is -3.45. The zero-order valence-corrected chi connectivity index (χ0v) is 18.4. The summed E-state index contributed by atoms with van der Waals surface area (Å²) in [5, 5.41) is 20.4. The Kier molecular flexibility index (Phi) is 6.08. The normalized spacial score (nSPS) is 14.9. The quantitative estimate of drug-likeness (QED) is 0.388. The highest BCUT2D eigenvalue weighted by Crippen LogP contribution is 2.39. The van der Waals surface area contributed by atoms with Crippen LogP contribution < -0.4 is 5.69 Å². The molecule has 1 atom stereocenters. The van der Waals surface area contributed by atoms with E-state index in [9.17, 15) is 14.5 Å². The van der Waals surface area contributed by atoms with E-state index in [1.54, 1.807) is 24.4 Å². The maximum absolute atomic E-state index is 12.8. The van der Waals surface area contributed by atoms with Crippen LogP contribution in [0.25, 0.3) is 11.6 Å². The number of allylic oxidation sites excluding steroid dienone is 1. The Morgan fingerprint density at radius 3 is 2.67 bits per heavy atom. The number of aromatic nitrogens is 2. The van der Waals surface area contributed by atoms with Gasteiger partial charge in [0.2, 0.25) is 5.88 Å². The van der Waals surface area contributed by atoms with Crippen molar-refractivity contribution >= 4 is 43.0 Å². The third-order valence-corrected chi connectivity index (χ3v) is 5.70. The molecule has 12 heteroatoms. The standard InChI is InChI=1S/C21H16ClN4O6P/c22-15-5-6-16-14(10-24-17(16)8-15)7-18-20(27)26(21(28)25-18)19(11-32-33(29,30)31)13-3-1-12(9-23)2-4-13/h1-8,10,19,27H,11H2,(H,25,28)(H2,29,30,31)/b14-7+/t19-/m0/s1. The van der Waals surface area contributed by atoms with Crippen LogP contribution in [0.1, 0.15) is 28.4 Å². The number of hydrogen-bond donors (Lipinski definition) is 4. The lowest BCUT2D eigenvalue weighted by atomic mass is 10.1. The molecule has 2 aromatic carbocycles. The lowest BCUT2D eigenvalue weighted by Crippen LogP contribution is -2.26. The Morgan fingerprint density at radius 1 is 1.27 bits per heavy atom. The van der Waals surface area contributed by atoms with Crippen molar-refractivity contribution in [1.29, 1.82) is 5.26 Å². The van der Waals surface area contributed by atoms with Gasteiger partial charge in [0, 0.05) is 22.4 Å². The second kappa shape index (κ2) is 8.83. The third-order valence-electron chi connectivity index (χ3n) is 4.98. The summed E-state index contributed by atoms with van der Waals surface area (Å²) in [6.45, 7) is -0.611. The van der Waals surface area contributed by atoms with E-state index in [4.69, 9.17) is 26.6 Å². The van der Waals surface area contributed by atoms with E-state index in [-0.39, 0.29) is 5.69 Å². The predicted octanol–water partition coefficient (Wildman–Crippen LogP) is 3.36. The first-order chi connectivity index (χ1) is 15.7. The highest BCUT2D eigenvalue weighted by molar-refractivity contribution is 7.46. The SMILES string of the molecule is N#Cc1ccc([C@H](COP(=O)(O)O)n2c(O)c(/C=C3\C=Nc4cc(Cl)ccc43)[nH]c2=O)cc1. The number of hydrogen-bond acceptors (Lipinski definition) is 6. The molecule has 0 fully saturated rings. The molecule has 1 aromatic heterocycles. The molecule has 1 aliphatic rings. The number of halogens is 1. The molecule has 4 N–H and O–H groups in total. The highest BCUT2D eigenvalue weighted by Gasteiger charge is 2.26. The number of benzene rings is 2. The number of phosphoric acid groups is 1. The minimum atomic E-state index is -4.86. The molecule has 0 amide bonds. The fourth-order valence-electron chi connectivity index (χ4n) is 3.45. The third kappa shape index (κ3) is 4.83. The number of aromatic hydroxyl groups is 1. The Morgan fingerprint density at radius 2 is 2.00 bits per heavy atom. The van der Waals surface area contributed by atoms with Gasteiger partial charge in [-0.25, -0.2) is 9.36 Å². The van der Waals surface area contributed by atoms with Gasteiger partial charge in [0.15, 0.2) is 0 Å². The maximum atomic E-state index is 12.8. The van der Waals surface area contributed by atoms with Gasteiger partial charge in [-0.15, -0.1) is 0 Å². The number of H-pyrrole nitrogens is 1. The van der Waals surface area contributed by atoms with Crippen molar-refractivity contribution in [2.24, 2.45) is 4.99 Å². The number of fused-ring (bicyclic) bond motifs is 1. The van der Waals surface area contributed by atoms with Gasteiger partial charge < -0.3 is 19.9 Å². The molecular formula is C21H16ClN4O6P. The zero-order valence-electron chi connectivity index (χ0n) is 16.7. The van der Waals surface area contributed by atoms with E-state index in [0.717, 1.165) is 10.1 Å². The second-order valence-corrected chi connectivity index (χ2v) is 8.77. The molecule has 2 heterocycles. The van der Waals surface area contributed by atoms with E-state index < -0.39 is 32.0 Å². The van der Waals surface area contributed by atoms with Crippen LogP contribution >= 0.6 is 19.4 Å². The summed E-state index contributed by atoms with van der Waals surface area (Å²) in [6, 6.07) is 12.0. The molecule has 1 aliphatic heterocycles. The van der Waals surface area contributed by atoms with Crippen molar-refractivity contribution in [3.8, 4) is 11.9 Å². The van der Waals surface area contributed by atoms with Gasteiger partial charge in [0.05, 0.1) is 30.0 Å². The molecule has 4 rings (SSSR count). The molecule has 0 saturated heterocycles. The average Bonchev–Trinajstić information content (AvgIpc) is 3.28. The molecule has 10 nitrogen and oxygen atoms in total. The number of aromatic amines is 1. The van der Waals surface area contributed by atoms with Crippen molar-refractivity contribution < 1.29 is 24.0 Å². The van der Waals surface area contributed by atoms with Gasteiger partial charge in [-0.05, 0) is 35.9 Å². The van der Waals surface area contributed by atoms with Gasteiger partial charge >= 0.3 is 13.5 Å². The summed E-state index contributed by atoms with van der Waals surface area (Å²) in [4.78, 5) is 37.8. The molecule has 0 spiro atoms. The molecule has 3 aromatic rings. The number of phosphoric ester groups is 1. The minimum absolute atomic E-state index is 0.0686. The Bertz CT molecular complexity index is 1430. The topological polar surface area (TPSA) is 161 Å². The first-order valence-electron chi connectivity index (χ1n) is 9.45. The van der Waals surface area contributed by atoms with Gasteiger partial charge in [-0.2, -0.15) is 5.26 Å². The summed E-state index contributed by atoms with van der Waals surface area (Å²) in [5.41, 5.74) is 2.09. The Labute approximate surface area is 191 Å². The van der Waals surface area contributed by atoms with Crippen LogP contribution in [0.5, 0.6) is 5.88 Å². The number of nitrogens with zero attached hydrogens (tertiary/aromatic N) is 3. The van der Waals surface area contributed by atoms with Crippen LogP contribution in [0.4, 0.5) is 5.69 Å². The summed E-state index contributed by atoms with van der Waals surface area (Å²) in [5.74, 6) is -0.466. The second-order valence-electron chi connectivity index (χ2n) is 7.09. The van der Waals surface area contributed by atoms with Gasteiger partial charge in [-0.3, -0.25) is 14.1 Å². The minimum Gasteiger partial charge on any atom is -0.493 e. The zero-order chi connectivity index (χ0) is 23.8. The Balaban J connectivity index is 1.76. The van der Waals surface area contributed by atoms with E-state index in [2.05, 4.69) is 14.5 Å².